The standard InChI is InChI=1S/C30H30N2O3S/c1-18(2)35-30(34)27-22-13-5-4-6-15-26(22)36-29(27)32-28(33)23-17-25(20-11-9-10-19(3)16-20)31-24-14-8-7-12-21(23)24/h7-12,14,16-18H,4-6,13,15H2,1-3H3,(H,32,33). The van der Waals surface area contributed by atoms with Crippen LogP contribution in [-0.2, 0) is 17.6 Å². The Kier molecular flexibility index (Phi) is 6.88. The fourth-order valence-corrected chi connectivity index (χ4v) is 6.08. The van der Waals surface area contributed by atoms with Gasteiger partial charge in [-0.15, -0.1) is 11.3 Å². The first-order chi connectivity index (χ1) is 17.4. The van der Waals surface area contributed by atoms with Crippen LogP contribution in [0.2, 0.25) is 0 Å². The summed E-state index contributed by atoms with van der Waals surface area (Å²) in [6.07, 6.45) is 4.80. The molecule has 5 nitrogen and oxygen atoms in total. The van der Waals surface area contributed by atoms with Gasteiger partial charge in [0.2, 0.25) is 0 Å². The fourth-order valence-electron chi connectivity index (χ4n) is 4.81. The van der Waals surface area contributed by atoms with Crippen LogP contribution < -0.4 is 5.32 Å². The van der Waals surface area contributed by atoms with E-state index < -0.39 is 0 Å². The summed E-state index contributed by atoms with van der Waals surface area (Å²) in [5.41, 5.74) is 5.67. The zero-order chi connectivity index (χ0) is 25.2. The van der Waals surface area contributed by atoms with Gasteiger partial charge in [-0.25, -0.2) is 9.78 Å². The molecule has 0 atom stereocenters. The molecule has 0 saturated carbocycles. The highest BCUT2D eigenvalue weighted by atomic mass is 32.1. The lowest BCUT2D eigenvalue weighted by Gasteiger charge is -2.13. The molecule has 1 N–H and O–H groups in total. The van der Waals surface area contributed by atoms with Gasteiger partial charge in [-0.1, -0.05) is 48.4 Å². The average Bonchev–Trinajstić information content (AvgIpc) is 3.03. The van der Waals surface area contributed by atoms with Gasteiger partial charge in [0.25, 0.3) is 5.91 Å². The number of hydrogen-bond acceptors (Lipinski definition) is 5. The van der Waals surface area contributed by atoms with Crippen molar-refractivity contribution in [2.75, 3.05) is 5.32 Å². The topological polar surface area (TPSA) is 68.3 Å². The summed E-state index contributed by atoms with van der Waals surface area (Å²) in [4.78, 5) is 32.9. The highest BCUT2D eigenvalue weighted by Crippen LogP contribution is 2.39. The number of aryl methyl sites for hydroxylation is 2. The predicted octanol–water partition coefficient (Wildman–Crippen LogP) is 7.36. The van der Waals surface area contributed by atoms with Crippen molar-refractivity contribution in [3.63, 3.8) is 0 Å². The molecule has 0 radical (unpaired) electrons. The normalized spacial score (nSPS) is 13.3. The number of nitrogens with zero attached hydrogens (tertiary/aromatic N) is 1. The predicted molar refractivity (Wildman–Crippen MR) is 146 cm³/mol. The van der Waals surface area contributed by atoms with Crippen LogP contribution >= 0.6 is 11.3 Å². The van der Waals surface area contributed by atoms with Gasteiger partial charge in [-0.2, -0.15) is 0 Å². The summed E-state index contributed by atoms with van der Waals surface area (Å²) >= 11 is 1.51. The second kappa shape index (κ2) is 10.2. The number of anilines is 1. The monoisotopic (exact) mass is 498 g/mol. The molecule has 4 aromatic rings. The van der Waals surface area contributed by atoms with E-state index in [1.807, 2.05) is 69.3 Å². The quantitative estimate of drug-likeness (QED) is 0.231. The van der Waals surface area contributed by atoms with E-state index in [1.165, 1.54) is 16.2 Å². The molecule has 6 heteroatoms. The molecule has 36 heavy (non-hydrogen) atoms. The maximum atomic E-state index is 13.8. The van der Waals surface area contributed by atoms with Gasteiger partial charge in [0.1, 0.15) is 5.00 Å². The highest BCUT2D eigenvalue weighted by molar-refractivity contribution is 7.17. The Balaban J connectivity index is 1.58. The van der Waals surface area contributed by atoms with E-state index in [0.717, 1.165) is 65.4 Å². The average molecular weight is 499 g/mol. The maximum Gasteiger partial charge on any atom is 0.341 e. The molecule has 2 aromatic carbocycles. The van der Waals surface area contributed by atoms with Crippen molar-refractivity contribution in [2.24, 2.45) is 0 Å². The molecule has 2 heterocycles. The molecule has 0 saturated heterocycles. The SMILES string of the molecule is Cc1cccc(-c2cc(C(=O)Nc3sc4c(c3C(=O)OC(C)C)CCCCC4)c3ccccc3n2)c1. The number of para-hydroxylation sites is 1. The molecule has 2 aromatic heterocycles. The summed E-state index contributed by atoms with van der Waals surface area (Å²) in [5, 5.41) is 4.44. The van der Waals surface area contributed by atoms with Crippen molar-refractivity contribution in [3.8, 4) is 11.3 Å². The van der Waals surface area contributed by atoms with E-state index in [2.05, 4.69) is 11.4 Å². The van der Waals surface area contributed by atoms with Crippen molar-refractivity contribution < 1.29 is 14.3 Å². The Bertz CT molecular complexity index is 1450. The number of carbonyl (C=O) groups is 2. The zero-order valence-electron chi connectivity index (χ0n) is 20.9. The fraction of sp³-hybridized carbons (Fsp3) is 0.300. The summed E-state index contributed by atoms with van der Waals surface area (Å²) in [7, 11) is 0. The van der Waals surface area contributed by atoms with Crippen LogP contribution in [0.25, 0.3) is 22.2 Å². The number of hydrogen-bond donors (Lipinski definition) is 1. The van der Waals surface area contributed by atoms with Gasteiger partial charge in [0, 0.05) is 15.8 Å². The molecular weight excluding hydrogens is 468 g/mol. The van der Waals surface area contributed by atoms with Crippen molar-refractivity contribution >= 4 is 39.1 Å². The number of esters is 1. The number of thiophene rings is 1. The minimum Gasteiger partial charge on any atom is -0.459 e. The van der Waals surface area contributed by atoms with Gasteiger partial charge in [0.05, 0.1) is 28.4 Å². The van der Waals surface area contributed by atoms with Crippen molar-refractivity contribution in [1.29, 1.82) is 0 Å². The van der Waals surface area contributed by atoms with Crippen molar-refractivity contribution in [3.05, 3.63) is 81.7 Å². The molecule has 0 bridgehead atoms. The van der Waals surface area contributed by atoms with E-state index in [-0.39, 0.29) is 18.0 Å². The van der Waals surface area contributed by atoms with Crippen molar-refractivity contribution in [1.82, 2.24) is 4.98 Å². The van der Waals surface area contributed by atoms with Gasteiger partial charge in [0.15, 0.2) is 0 Å². The van der Waals surface area contributed by atoms with Gasteiger partial charge in [-0.3, -0.25) is 4.79 Å². The van der Waals surface area contributed by atoms with Gasteiger partial charge in [-0.05, 0) is 70.2 Å². The Labute approximate surface area is 215 Å². The minimum absolute atomic E-state index is 0.233. The van der Waals surface area contributed by atoms with Gasteiger partial charge < -0.3 is 10.1 Å². The van der Waals surface area contributed by atoms with E-state index in [1.54, 1.807) is 0 Å². The molecule has 0 aliphatic heterocycles. The van der Waals surface area contributed by atoms with Crippen LogP contribution in [0, 0.1) is 6.92 Å². The van der Waals surface area contributed by atoms with E-state index >= 15 is 0 Å². The second-order valence-electron chi connectivity index (χ2n) is 9.62. The van der Waals surface area contributed by atoms with Crippen LogP contribution in [0.5, 0.6) is 0 Å². The van der Waals surface area contributed by atoms with Crippen LogP contribution in [0.15, 0.2) is 54.6 Å². The third kappa shape index (κ3) is 4.91. The molecular formula is C30H30N2O3S. The third-order valence-corrected chi connectivity index (χ3v) is 7.68. The lowest BCUT2D eigenvalue weighted by Crippen LogP contribution is -2.18. The highest BCUT2D eigenvalue weighted by Gasteiger charge is 2.28. The number of amides is 1. The Morgan fingerprint density at radius 3 is 2.61 bits per heavy atom. The molecule has 1 amide bonds. The number of nitrogens with one attached hydrogen (secondary N) is 1. The molecule has 184 valence electrons. The summed E-state index contributed by atoms with van der Waals surface area (Å²) in [6.45, 7) is 5.73. The summed E-state index contributed by atoms with van der Waals surface area (Å²) in [5.74, 6) is -0.614. The van der Waals surface area contributed by atoms with E-state index in [9.17, 15) is 9.59 Å². The van der Waals surface area contributed by atoms with Crippen LogP contribution in [0.3, 0.4) is 0 Å². The summed E-state index contributed by atoms with van der Waals surface area (Å²) < 4.78 is 5.59. The van der Waals surface area contributed by atoms with Gasteiger partial charge >= 0.3 is 5.97 Å². The lowest BCUT2D eigenvalue weighted by atomic mass is 10.0. The molecule has 0 spiro atoms. The number of rotatable bonds is 5. The maximum absolute atomic E-state index is 13.8. The number of fused-ring (bicyclic) bond motifs is 2. The third-order valence-electron chi connectivity index (χ3n) is 6.47. The Morgan fingerprint density at radius 1 is 1.00 bits per heavy atom. The van der Waals surface area contributed by atoms with E-state index in [4.69, 9.17) is 9.72 Å². The van der Waals surface area contributed by atoms with Crippen LogP contribution in [0.1, 0.15) is 69.8 Å². The second-order valence-corrected chi connectivity index (χ2v) is 10.7. The summed E-state index contributed by atoms with van der Waals surface area (Å²) in [6, 6.07) is 17.6. The Hall–Kier alpha value is -3.51. The number of pyridine rings is 1. The first kappa shape index (κ1) is 24.2. The molecule has 5 rings (SSSR count). The number of carbonyl (C=O) groups excluding carboxylic acids is 2. The largest absolute Gasteiger partial charge is 0.459 e. The zero-order valence-corrected chi connectivity index (χ0v) is 21.7. The Morgan fingerprint density at radius 2 is 1.81 bits per heavy atom. The first-order valence-electron chi connectivity index (χ1n) is 12.5. The molecule has 1 aliphatic rings. The number of aromatic nitrogens is 1. The molecule has 1 aliphatic carbocycles. The van der Waals surface area contributed by atoms with Crippen molar-refractivity contribution in [2.45, 2.75) is 59.0 Å². The minimum atomic E-state index is -0.361. The number of benzene rings is 2. The van der Waals surface area contributed by atoms with Crippen LogP contribution in [0.4, 0.5) is 5.00 Å². The first-order valence-corrected chi connectivity index (χ1v) is 13.4. The number of ether oxygens (including phenoxy) is 1. The molecule has 0 unspecified atom stereocenters. The van der Waals surface area contributed by atoms with Crippen LogP contribution in [-0.4, -0.2) is 23.0 Å². The molecule has 0 fully saturated rings. The van der Waals surface area contributed by atoms with E-state index in [0.29, 0.717) is 16.1 Å². The lowest BCUT2D eigenvalue weighted by molar-refractivity contribution is 0.0378. The smallest absolute Gasteiger partial charge is 0.341 e.